The molecule has 0 saturated carbocycles. The largest absolute Gasteiger partial charge is 0.329 e. The molecule has 2 N–H and O–H groups in total. The van der Waals surface area contributed by atoms with Gasteiger partial charge in [0.2, 0.25) is 10.0 Å². The molecule has 0 aliphatic carbocycles. The number of hydrogen-bond donors (Lipinski definition) is 1. The van der Waals surface area contributed by atoms with Gasteiger partial charge < -0.3 is 5.73 Å². The first kappa shape index (κ1) is 16.9. The van der Waals surface area contributed by atoms with Crippen molar-refractivity contribution in [2.75, 3.05) is 13.6 Å². The first-order chi connectivity index (χ1) is 7.93. The molecule has 1 aromatic rings. The fourth-order valence-corrected chi connectivity index (χ4v) is 2.70. The van der Waals surface area contributed by atoms with Crippen LogP contribution in [0.2, 0.25) is 0 Å². The highest BCUT2D eigenvalue weighted by molar-refractivity contribution is 7.89. The van der Waals surface area contributed by atoms with Crippen molar-refractivity contribution in [1.29, 1.82) is 5.26 Å². The highest BCUT2D eigenvalue weighted by Gasteiger charge is 2.24. The Bertz CT molecular complexity index is 539. The first-order valence-electron chi connectivity index (χ1n) is 5.11. The lowest BCUT2D eigenvalue weighted by Gasteiger charge is -2.22. The minimum Gasteiger partial charge on any atom is -0.329 e. The van der Waals surface area contributed by atoms with Gasteiger partial charge in [-0.25, -0.2) is 8.42 Å². The maximum absolute atomic E-state index is 12.2. The van der Waals surface area contributed by atoms with Gasteiger partial charge in [0.05, 0.1) is 16.5 Å². The van der Waals surface area contributed by atoms with Crippen LogP contribution in [0.1, 0.15) is 12.5 Å². The summed E-state index contributed by atoms with van der Waals surface area (Å²) in [5.41, 5.74) is 5.76. The summed E-state index contributed by atoms with van der Waals surface area (Å²) in [5, 5.41) is 8.74. The molecule has 1 atom stereocenters. The van der Waals surface area contributed by atoms with Crippen molar-refractivity contribution in [1.82, 2.24) is 4.31 Å². The van der Waals surface area contributed by atoms with E-state index in [0.29, 0.717) is 5.56 Å². The van der Waals surface area contributed by atoms with Gasteiger partial charge in [0.1, 0.15) is 0 Å². The van der Waals surface area contributed by atoms with Gasteiger partial charge in [-0.2, -0.15) is 9.57 Å². The van der Waals surface area contributed by atoms with Crippen molar-refractivity contribution in [3.63, 3.8) is 0 Å². The zero-order valence-corrected chi connectivity index (χ0v) is 11.8. The average Bonchev–Trinajstić information content (AvgIpc) is 2.36. The van der Waals surface area contributed by atoms with Crippen LogP contribution in [0.15, 0.2) is 29.2 Å². The monoisotopic (exact) mass is 289 g/mol. The number of halogens is 1. The van der Waals surface area contributed by atoms with Crippen LogP contribution in [-0.4, -0.2) is 32.4 Å². The second-order valence-electron chi connectivity index (χ2n) is 3.75. The fraction of sp³-hybridized carbons (Fsp3) is 0.364. The summed E-state index contributed by atoms with van der Waals surface area (Å²) < 4.78 is 25.5. The number of likely N-dealkylation sites (N-methyl/N-ethyl adjacent to an activating group) is 1. The van der Waals surface area contributed by atoms with Crippen LogP contribution in [0.5, 0.6) is 0 Å². The molecular weight excluding hydrogens is 274 g/mol. The Morgan fingerprint density at radius 2 is 2.11 bits per heavy atom. The number of rotatable bonds is 4. The van der Waals surface area contributed by atoms with E-state index in [0.717, 1.165) is 0 Å². The van der Waals surface area contributed by atoms with Gasteiger partial charge >= 0.3 is 0 Å². The normalized spacial score (nSPS) is 12.6. The molecule has 1 aromatic carbocycles. The van der Waals surface area contributed by atoms with Crippen molar-refractivity contribution in [3.05, 3.63) is 29.8 Å². The molecule has 7 heteroatoms. The summed E-state index contributed by atoms with van der Waals surface area (Å²) in [6.45, 7) is 1.97. The molecule has 0 fully saturated rings. The molecule has 0 spiro atoms. The predicted octanol–water partition coefficient (Wildman–Crippen LogP) is 0.948. The van der Waals surface area contributed by atoms with E-state index in [1.54, 1.807) is 19.1 Å². The van der Waals surface area contributed by atoms with E-state index < -0.39 is 10.0 Å². The lowest BCUT2D eigenvalue weighted by atomic mass is 10.2. The summed E-state index contributed by atoms with van der Waals surface area (Å²) in [4.78, 5) is 0.111. The Hall–Kier alpha value is -1.13. The van der Waals surface area contributed by atoms with Crippen molar-refractivity contribution >= 4 is 22.4 Å². The lowest BCUT2D eigenvalue weighted by Crippen LogP contribution is -2.39. The molecule has 100 valence electrons. The summed E-state index contributed by atoms with van der Waals surface area (Å²) >= 11 is 0. The van der Waals surface area contributed by atoms with E-state index in [9.17, 15) is 8.42 Å². The second-order valence-corrected chi connectivity index (χ2v) is 5.74. The standard InChI is InChI=1S/C11H15N3O2S.ClH/c1-9(7-12)14(2)17(15,16)11-5-3-4-10(6-11)8-13;/h3-6,9H,7,12H2,1-2H3;1H. The molecule has 1 unspecified atom stereocenters. The minimum atomic E-state index is -3.58. The number of hydrogen-bond acceptors (Lipinski definition) is 4. The van der Waals surface area contributed by atoms with Crippen LogP contribution in [0.3, 0.4) is 0 Å². The SMILES string of the molecule is CC(CN)N(C)S(=O)(=O)c1cccc(C#N)c1.Cl. The average molecular weight is 290 g/mol. The Labute approximate surface area is 114 Å². The number of nitriles is 1. The van der Waals surface area contributed by atoms with Crippen molar-refractivity contribution in [2.45, 2.75) is 17.9 Å². The lowest BCUT2D eigenvalue weighted by molar-refractivity contribution is 0.394. The Kier molecular flexibility index (Phi) is 6.29. The number of benzene rings is 1. The summed E-state index contributed by atoms with van der Waals surface area (Å²) in [7, 11) is -2.10. The smallest absolute Gasteiger partial charge is 0.243 e. The van der Waals surface area contributed by atoms with Gasteiger partial charge in [0.15, 0.2) is 0 Å². The molecular formula is C11H16ClN3O2S. The fourth-order valence-electron chi connectivity index (χ4n) is 1.28. The molecule has 0 amide bonds. The highest BCUT2D eigenvalue weighted by atomic mass is 35.5. The van der Waals surface area contributed by atoms with E-state index in [1.807, 2.05) is 6.07 Å². The van der Waals surface area contributed by atoms with E-state index >= 15 is 0 Å². The Morgan fingerprint density at radius 3 is 2.61 bits per heavy atom. The van der Waals surface area contributed by atoms with E-state index in [-0.39, 0.29) is 29.9 Å². The van der Waals surface area contributed by atoms with E-state index in [4.69, 9.17) is 11.0 Å². The number of nitrogens with two attached hydrogens (primary N) is 1. The van der Waals surface area contributed by atoms with Gasteiger partial charge in [0, 0.05) is 19.6 Å². The molecule has 0 aromatic heterocycles. The molecule has 0 radical (unpaired) electrons. The van der Waals surface area contributed by atoms with E-state index in [2.05, 4.69) is 0 Å². The second kappa shape index (κ2) is 6.71. The zero-order chi connectivity index (χ0) is 13.1. The summed E-state index contributed by atoms with van der Waals surface area (Å²) in [6.07, 6.45) is 0. The molecule has 5 nitrogen and oxygen atoms in total. The quantitative estimate of drug-likeness (QED) is 0.894. The van der Waals surface area contributed by atoms with Gasteiger partial charge in [-0.3, -0.25) is 0 Å². The van der Waals surface area contributed by atoms with Crippen LogP contribution >= 0.6 is 12.4 Å². The van der Waals surface area contributed by atoms with Gasteiger partial charge in [-0.1, -0.05) is 6.07 Å². The number of sulfonamides is 1. The maximum atomic E-state index is 12.2. The molecule has 0 bridgehead atoms. The molecule has 0 heterocycles. The first-order valence-corrected chi connectivity index (χ1v) is 6.55. The third-order valence-electron chi connectivity index (χ3n) is 2.60. The Morgan fingerprint density at radius 1 is 1.50 bits per heavy atom. The van der Waals surface area contributed by atoms with Crippen LogP contribution in [0.4, 0.5) is 0 Å². The number of nitrogens with zero attached hydrogens (tertiary/aromatic N) is 2. The van der Waals surface area contributed by atoms with Gasteiger partial charge in [-0.05, 0) is 25.1 Å². The van der Waals surface area contributed by atoms with Crippen LogP contribution in [-0.2, 0) is 10.0 Å². The third-order valence-corrected chi connectivity index (χ3v) is 4.57. The highest BCUT2D eigenvalue weighted by Crippen LogP contribution is 2.17. The van der Waals surface area contributed by atoms with E-state index in [1.165, 1.54) is 23.5 Å². The van der Waals surface area contributed by atoms with Crippen LogP contribution < -0.4 is 5.73 Å². The topological polar surface area (TPSA) is 87.2 Å². The molecule has 0 saturated heterocycles. The predicted molar refractivity (Wildman–Crippen MR) is 71.9 cm³/mol. The molecule has 18 heavy (non-hydrogen) atoms. The molecule has 0 aliphatic rings. The van der Waals surface area contributed by atoms with Crippen molar-refractivity contribution in [2.24, 2.45) is 5.73 Å². The summed E-state index contributed by atoms with van der Waals surface area (Å²) in [5.74, 6) is 0. The van der Waals surface area contributed by atoms with Crippen LogP contribution in [0, 0.1) is 11.3 Å². The van der Waals surface area contributed by atoms with Crippen LogP contribution in [0.25, 0.3) is 0 Å². The molecule has 1 rings (SSSR count). The minimum absolute atomic E-state index is 0. The molecule has 0 aliphatic heterocycles. The zero-order valence-electron chi connectivity index (χ0n) is 10.2. The van der Waals surface area contributed by atoms with Gasteiger partial charge in [-0.15, -0.1) is 12.4 Å². The summed E-state index contributed by atoms with van der Waals surface area (Å²) in [6, 6.07) is 7.56. The van der Waals surface area contributed by atoms with Crippen molar-refractivity contribution in [3.8, 4) is 6.07 Å². The Balaban J connectivity index is 0.00000289. The maximum Gasteiger partial charge on any atom is 0.243 e. The third kappa shape index (κ3) is 3.43. The van der Waals surface area contributed by atoms with Crippen molar-refractivity contribution < 1.29 is 8.42 Å². The van der Waals surface area contributed by atoms with Gasteiger partial charge in [0.25, 0.3) is 0 Å².